The van der Waals surface area contributed by atoms with Crippen LogP contribution in [0.1, 0.15) is 15.9 Å². The zero-order chi connectivity index (χ0) is 17.4. The number of halogens is 2. The van der Waals surface area contributed by atoms with E-state index in [1.807, 2.05) is 35.4 Å². The fourth-order valence-electron chi connectivity index (χ4n) is 3.16. The van der Waals surface area contributed by atoms with Crippen molar-refractivity contribution in [2.24, 2.45) is 0 Å². The Morgan fingerprint density at radius 3 is 2.59 bits per heavy atom. The summed E-state index contributed by atoms with van der Waals surface area (Å²) in [7, 11) is 0. The number of anilines is 2. The second kappa shape index (κ2) is 8.73. The van der Waals surface area contributed by atoms with Crippen LogP contribution in [0.2, 0.25) is 0 Å². The number of thiophene rings is 1. The van der Waals surface area contributed by atoms with E-state index in [4.69, 9.17) is 5.73 Å². The molecule has 1 amide bonds. The van der Waals surface area contributed by atoms with Gasteiger partial charge in [-0.2, -0.15) is 0 Å². The van der Waals surface area contributed by atoms with Gasteiger partial charge in [0, 0.05) is 37.4 Å². The topological polar surface area (TPSA) is 75.4 Å². The first-order valence-corrected chi connectivity index (χ1v) is 9.10. The van der Waals surface area contributed by atoms with Gasteiger partial charge in [-0.15, -0.1) is 36.2 Å². The van der Waals surface area contributed by atoms with E-state index in [-0.39, 0.29) is 30.7 Å². The molecule has 2 N–H and O–H groups in total. The van der Waals surface area contributed by atoms with Gasteiger partial charge in [-0.3, -0.25) is 4.79 Å². The van der Waals surface area contributed by atoms with E-state index >= 15 is 0 Å². The molecule has 0 unspecified atom stereocenters. The third-order valence-electron chi connectivity index (χ3n) is 4.58. The molecule has 0 spiro atoms. The van der Waals surface area contributed by atoms with Gasteiger partial charge < -0.3 is 15.5 Å². The summed E-state index contributed by atoms with van der Waals surface area (Å²) in [6.07, 6.45) is 1.61. The predicted octanol–water partition coefficient (Wildman–Crippen LogP) is 3.39. The Bertz CT molecular complexity index is 940. The van der Waals surface area contributed by atoms with Crippen LogP contribution in [0.5, 0.6) is 0 Å². The van der Waals surface area contributed by atoms with Gasteiger partial charge in [0.15, 0.2) is 0 Å². The molecule has 144 valence electrons. The predicted molar refractivity (Wildman–Crippen MR) is 116 cm³/mol. The summed E-state index contributed by atoms with van der Waals surface area (Å²) in [6, 6.07) is 7.50. The van der Waals surface area contributed by atoms with Crippen LogP contribution in [0.3, 0.4) is 0 Å². The van der Waals surface area contributed by atoms with Gasteiger partial charge in [0.25, 0.3) is 5.91 Å². The Morgan fingerprint density at radius 2 is 1.85 bits per heavy atom. The molecular formula is C18H21Cl2N5OS. The lowest BCUT2D eigenvalue weighted by Crippen LogP contribution is -2.49. The lowest BCUT2D eigenvalue weighted by Gasteiger charge is -2.35. The normalized spacial score (nSPS) is 13.8. The van der Waals surface area contributed by atoms with Gasteiger partial charge in [-0.1, -0.05) is 6.07 Å². The van der Waals surface area contributed by atoms with E-state index in [2.05, 4.69) is 14.9 Å². The molecular weight excluding hydrogens is 405 g/mol. The average Bonchev–Trinajstić information content (AvgIpc) is 3.12. The Balaban J connectivity index is 0.00000131. The summed E-state index contributed by atoms with van der Waals surface area (Å²) in [5.74, 6) is 1.01. The van der Waals surface area contributed by atoms with Gasteiger partial charge in [0.2, 0.25) is 0 Å². The number of piperazine rings is 1. The minimum absolute atomic E-state index is 0. The molecule has 9 heteroatoms. The molecule has 2 aromatic heterocycles. The van der Waals surface area contributed by atoms with Crippen LogP contribution in [-0.4, -0.2) is 47.0 Å². The molecule has 4 rings (SSSR count). The zero-order valence-corrected chi connectivity index (χ0v) is 17.2. The maximum absolute atomic E-state index is 12.8. The highest BCUT2D eigenvalue weighted by Gasteiger charge is 2.25. The quantitative estimate of drug-likeness (QED) is 0.636. The van der Waals surface area contributed by atoms with Crippen molar-refractivity contribution in [1.29, 1.82) is 0 Å². The Kier molecular flexibility index (Phi) is 6.86. The van der Waals surface area contributed by atoms with Crippen LogP contribution in [0.15, 0.2) is 36.0 Å². The van der Waals surface area contributed by atoms with Gasteiger partial charge >= 0.3 is 0 Å². The van der Waals surface area contributed by atoms with Crippen molar-refractivity contribution < 1.29 is 4.79 Å². The number of benzene rings is 1. The number of carbonyl (C=O) groups excluding carboxylic acids is 1. The molecule has 3 aromatic rings. The molecule has 6 nitrogen and oxygen atoms in total. The molecule has 1 aliphatic rings. The summed E-state index contributed by atoms with van der Waals surface area (Å²) in [6.45, 7) is 4.81. The molecule has 1 aromatic carbocycles. The van der Waals surface area contributed by atoms with Crippen LogP contribution in [0.25, 0.3) is 10.2 Å². The SMILES string of the molecule is Cc1ccc(N)cc1C(=O)N1CCN(c2ncnc3ccsc23)CC1.Cl.Cl. The van der Waals surface area contributed by atoms with Crippen LogP contribution in [0, 0.1) is 6.92 Å². The number of amides is 1. The molecule has 1 saturated heterocycles. The Morgan fingerprint density at radius 1 is 1.11 bits per heavy atom. The first-order chi connectivity index (χ1) is 12.1. The highest BCUT2D eigenvalue weighted by atomic mass is 35.5. The number of fused-ring (bicyclic) bond motifs is 1. The fourth-order valence-corrected chi connectivity index (χ4v) is 4.02. The molecule has 1 aliphatic heterocycles. The lowest BCUT2D eigenvalue weighted by atomic mass is 10.1. The van der Waals surface area contributed by atoms with E-state index in [9.17, 15) is 4.79 Å². The third kappa shape index (κ3) is 4.10. The standard InChI is InChI=1S/C18H19N5OS.2ClH/c1-12-2-3-13(19)10-14(12)18(24)23-7-5-22(6-8-23)17-16-15(4-9-25-16)20-11-21-17;;/h2-4,9-11H,5-8,19H2,1H3;2*1H. The number of hydrogen-bond acceptors (Lipinski definition) is 6. The Hall–Kier alpha value is -2.09. The molecule has 0 saturated carbocycles. The average molecular weight is 426 g/mol. The molecule has 0 atom stereocenters. The van der Waals surface area contributed by atoms with E-state index in [0.717, 1.165) is 34.7 Å². The van der Waals surface area contributed by atoms with Crippen LogP contribution < -0.4 is 10.6 Å². The maximum Gasteiger partial charge on any atom is 0.254 e. The number of aromatic nitrogens is 2. The minimum Gasteiger partial charge on any atom is -0.399 e. The van der Waals surface area contributed by atoms with Crippen molar-refractivity contribution in [3.63, 3.8) is 0 Å². The van der Waals surface area contributed by atoms with Crippen molar-refractivity contribution in [1.82, 2.24) is 14.9 Å². The smallest absolute Gasteiger partial charge is 0.254 e. The van der Waals surface area contributed by atoms with Crippen molar-refractivity contribution in [2.45, 2.75) is 6.92 Å². The summed E-state index contributed by atoms with van der Waals surface area (Å²) >= 11 is 1.65. The number of nitrogens with zero attached hydrogens (tertiary/aromatic N) is 4. The molecule has 0 aliphatic carbocycles. The zero-order valence-electron chi connectivity index (χ0n) is 14.8. The van der Waals surface area contributed by atoms with Crippen molar-refractivity contribution in [3.8, 4) is 0 Å². The first-order valence-electron chi connectivity index (χ1n) is 8.22. The van der Waals surface area contributed by atoms with E-state index < -0.39 is 0 Å². The van der Waals surface area contributed by atoms with Crippen molar-refractivity contribution in [2.75, 3.05) is 36.8 Å². The van der Waals surface area contributed by atoms with Crippen LogP contribution in [-0.2, 0) is 0 Å². The number of nitrogens with two attached hydrogens (primary N) is 1. The fraction of sp³-hybridized carbons (Fsp3) is 0.278. The first kappa shape index (κ1) is 21.2. The lowest BCUT2D eigenvalue weighted by molar-refractivity contribution is 0.0746. The summed E-state index contributed by atoms with van der Waals surface area (Å²) in [4.78, 5) is 25.7. The maximum atomic E-state index is 12.8. The van der Waals surface area contributed by atoms with Gasteiger partial charge in [0.1, 0.15) is 12.1 Å². The Labute approximate surface area is 174 Å². The van der Waals surface area contributed by atoms with Crippen LogP contribution >= 0.6 is 36.2 Å². The van der Waals surface area contributed by atoms with E-state index in [0.29, 0.717) is 24.3 Å². The highest BCUT2D eigenvalue weighted by Crippen LogP contribution is 2.28. The number of rotatable bonds is 2. The van der Waals surface area contributed by atoms with Gasteiger partial charge in [0.05, 0.1) is 10.2 Å². The number of nitrogen functional groups attached to an aromatic ring is 1. The van der Waals surface area contributed by atoms with Gasteiger partial charge in [-0.25, -0.2) is 9.97 Å². The molecule has 1 fully saturated rings. The highest BCUT2D eigenvalue weighted by molar-refractivity contribution is 7.17. The van der Waals surface area contributed by atoms with Crippen LogP contribution in [0.4, 0.5) is 11.5 Å². The minimum atomic E-state index is 0. The molecule has 27 heavy (non-hydrogen) atoms. The second-order valence-electron chi connectivity index (χ2n) is 6.19. The monoisotopic (exact) mass is 425 g/mol. The van der Waals surface area contributed by atoms with Crippen molar-refractivity contribution >= 4 is 63.8 Å². The molecule has 3 heterocycles. The number of carbonyl (C=O) groups is 1. The summed E-state index contributed by atoms with van der Waals surface area (Å²) in [5, 5.41) is 2.03. The molecule has 0 radical (unpaired) electrons. The summed E-state index contributed by atoms with van der Waals surface area (Å²) < 4.78 is 1.11. The second-order valence-corrected chi connectivity index (χ2v) is 7.10. The number of hydrogen-bond donors (Lipinski definition) is 1. The number of aryl methyl sites for hydroxylation is 1. The largest absolute Gasteiger partial charge is 0.399 e. The van der Waals surface area contributed by atoms with E-state index in [1.165, 1.54) is 0 Å². The third-order valence-corrected chi connectivity index (χ3v) is 5.48. The summed E-state index contributed by atoms with van der Waals surface area (Å²) in [5.41, 5.74) is 9.09. The van der Waals surface area contributed by atoms with E-state index in [1.54, 1.807) is 23.7 Å². The van der Waals surface area contributed by atoms with Crippen molar-refractivity contribution in [3.05, 3.63) is 47.1 Å². The van der Waals surface area contributed by atoms with Gasteiger partial charge in [-0.05, 0) is 36.1 Å². The molecule has 0 bridgehead atoms.